The van der Waals surface area contributed by atoms with Crippen LogP contribution in [0.25, 0.3) is 22.8 Å². The highest BCUT2D eigenvalue weighted by atomic mass is 79.9. The number of aromatic nitrogens is 1. The molecule has 4 rings (SSSR count). The molecule has 1 heterocycles. The number of para-hydroxylation sites is 1. The summed E-state index contributed by atoms with van der Waals surface area (Å²) >= 11 is 9.60. The lowest BCUT2D eigenvalue weighted by atomic mass is 10.1. The molecule has 0 spiro atoms. The molecule has 0 radical (unpaired) electrons. The Bertz CT molecular complexity index is 1160. The Morgan fingerprint density at radius 3 is 2.61 bits per heavy atom. The Hall–Kier alpha value is -2.89. The lowest BCUT2D eigenvalue weighted by Gasteiger charge is -2.09. The fourth-order valence-corrected chi connectivity index (χ4v) is 3.38. The molecule has 0 unspecified atom stereocenters. The molecule has 0 aliphatic rings. The number of amides is 1. The molecule has 3 aromatic carbocycles. The van der Waals surface area contributed by atoms with Gasteiger partial charge in [-0.15, -0.1) is 0 Å². The molecule has 0 bridgehead atoms. The summed E-state index contributed by atoms with van der Waals surface area (Å²) < 4.78 is 6.88. The quantitative estimate of drug-likeness (QED) is 0.375. The van der Waals surface area contributed by atoms with E-state index in [1.54, 1.807) is 36.5 Å². The summed E-state index contributed by atoms with van der Waals surface area (Å²) in [6.45, 7) is 0. The molecule has 0 aliphatic carbocycles. The molecule has 0 atom stereocenters. The fraction of sp³-hybridized carbons (Fsp3) is 0. The van der Waals surface area contributed by atoms with Crippen molar-refractivity contribution in [3.63, 3.8) is 0 Å². The first-order valence-electron chi connectivity index (χ1n) is 8.49. The standard InChI is InChI=1S/C22H14BrClN2O2/c23-15-7-5-6-14(12-15)20-13-25-22(28-20)17-9-2-1-8-16(17)21(27)26-19-11-4-3-10-18(19)24/h1-13H,(H,26,27). The molecule has 138 valence electrons. The zero-order valence-electron chi connectivity index (χ0n) is 14.5. The molecular weight excluding hydrogens is 440 g/mol. The Morgan fingerprint density at radius 2 is 1.79 bits per heavy atom. The van der Waals surface area contributed by atoms with Crippen molar-refractivity contribution in [2.45, 2.75) is 0 Å². The van der Waals surface area contributed by atoms with Gasteiger partial charge in [-0.2, -0.15) is 0 Å². The van der Waals surface area contributed by atoms with Gasteiger partial charge in [0.15, 0.2) is 5.76 Å². The number of anilines is 1. The first-order valence-corrected chi connectivity index (χ1v) is 9.66. The second-order valence-corrected chi connectivity index (χ2v) is 7.34. The van der Waals surface area contributed by atoms with Crippen LogP contribution in [-0.4, -0.2) is 10.9 Å². The van der Waals surface area contributed by atoms with Gasteiger partial charge in [-0.1, -0.05) is 63.9 Å². The number of hydrogen-bond donors (Lipinski definition) is 1. The van der Waals surface area contributed by atoms with Crippen LogP contribution in [0.15, 0.2) is 87.9 Å². The Kier molecular flexibility index (Phi) is 5.28. The first-order chi connectivity index (χ1) is 13.6. The van der Waals surface area contributed by atoms with Gasteiger partial charge in [-0.05, 0) is 36.4 Å². The molecular formula is C22H14BrClN2O2. The van der Waals surface area contributed by atoms with Crippen LogP contribution in [0.4, 0.5) is 5.69 Å². The second kappa shape index (κ2) is 8.00. The van der Waals surface area contributed by atoms with E-state index in [0.717, 1.165) is 10.0 Å². The van der Waals surface area contributed by atoms with Crippen molar-refractivity contribution in [2.24, 2.45) is 0 Å². The van der Waals surface area contributed by atoms with E-state index in [9.17, 15) is 4.79 Å². The van der Waals surface area contributed by atoms with Gasteiger partial charge in [0.25, 0.3) is 5.91 Å². The van der Waals surface area contributed by atoms with Gasteiger partial charge in [0.2, 0.25) is 5.89 Å². The summed E-state index contributed by atoms with van der Waals surface area (Å²) in [5.74, 6) is 0.711. The Balaban J connectivity index is 1.67. The van der Waals surface area contributed by atoms with Gasteiger partial charge in [0.05, 0.1) is 22.5 Å². The van der Waals surface area contributed by atoms with E-state index in [-0.39, 0.29) is 5.91 Å². The van der Waals surface area contributed by atoms with Gasteiger partial charge in [-0.25, -0.2) is 4.98 Å². The van der Waals surface area contributed by atoms with Crippen LogP contribution in [-0.2, 0) is 0 Å². The van der Waals surface area contributed by atoms with Crippen LogP contribution >= 0.6 is 27.5 Å². The third-order valence-electron chi connectivity index (χ3n) is 4.14. The number of rotatable bonds is 4. The van der Waals surface area contributed by atoms with E-state index in [4.69, 9.17) is 16.0 Å². The van der Waals surface area contributed by atoms with Crippen molar-refractivity contribution in [1.82, 2.24) is 4.98 Å². The minimum Gasteiger partial charge on any atom is -0.436 e. The SMILES string of the molecule is O=C(Nc1ccccc1Cl)c1ccccc1-c1ncc(-c2cccc(Br)c2)o1. The first kappa shape index (κ1) is 18.5. The average molecular weight is 454 g/mol. The monoisotopic (exact) mass is 452 g/mol. The van der Waals surface area contributed by atoms with Gasteiger partial charge in [-0.3, -0.25) is 4.79 Å². The third-order valence-corrected chi connectivity index (χ3v) is 4.96. The number of nitrogens with zero attached hydrogens (tertiary/aromatic N) is 1. The summed E-state index contributed by atoms with van der Waals surface area (Å²) in [4.78, 5) is 17.2. The van der Waals surface area contributed by atoms with Gasteiger partial charge >= 0.3 is 0 Å². The normalized spacial score (nSPS) is 10.6. The summed E-state index contributed by atoms with van der Waals surface area (Å²) in [6, 6.07) is 22.0. The molecule has 4 nitrogen and oxygen atoms in total. The predicted octanol–water partition coefficient (Wildman–Crippen LogP) is 6.68. The number of oxazole rings is 1. The fourth-order valence-electron chi connectivity index (χ4n) is 2.79. The number of hydrogen-bond acceptors (Lipinski definition) is 3. The Labute approximate surface area is 175 Å². The average Bonchev–Trinajstić information content (AvgIpc) is 3.20. The van der Waals surface area contributed by atoms with Crippen molar-refractivity contribution in [1.29, 1.82) is 0 Å². The highest BCUT2D eigenvalue weighted by molar-refractivity contribution is 9.10. The van der Waals surface area contributed by atoms with E-state index in [1.165, 1.54) is 0 Å². The summed E-state index contributed by atoms with van der Waals surface area (Å²) in [5.41, 5.74) is 2.50. The van der Waals surface area contributed by atoms with Crippen molar-refractivity contribution in [3.8, 4) is 22.8 Å². The number of halogens is 2. The van der Waals surface area contributed by atoms with Gasteiger partial charge in [0.1, 0.15) is 0 Å². The van der Waals surface area contributed by atoms with Crippen LogP contribution in [0, 0.1) is 0 Å². The van der Waals surface area contributed by atoms with Crippen molar-refractivity contribution in [2.75, 3.05) is 5.32 Å². The van der Waals surface area contributed by atoms with E-state index in [1.807, 2.05) is 42.5 Å². The van der Waals surface area contributed by atoms with E-state index in [0.29, 0.717) is 33.5 Å². The smallest absolute Gasteiger partial charge is 0.256 e. The van der Waals surface area contributed by atoms with Crippen LogP contribution < -0.4 is 5.32 Å². The highest BCUT2D eigenvalue weighted by Gasteiger charge is 2.17. The van der Waals surface area contributed by atoms with E-state index < -0.39 is 0 Å². The highest BCUT2D eigenvalue weighted by Crippen LogP contribution is 2.30. The molecule has 0 aliphatic heterocycles. The maximum atomic E-state index is 12.8. The largest absolute Gasteiger partial charge is 0.436 e. The zero-order chi connectivity index (χ0) is 19.5. The lowest BCUT2D eigenvalue weighted by Crippen LogP contribution is -2.13. The van der Waals surface area contributed by atoms with E-state index >= 15 is 0 Å². The van der Waals surface area contributed by atoms with Crippen LogP contribution in [0.5, 0.6) is 0 Å². The second-order valence-electron chi connectivity index (χ2n) is 6.02. The summed E-state index contributed by atoms with van der Waals surface area (Å²) in [5, 5.41) is 3.31. The van der Waals surface area contributed by atoms with Crippen molar-refractivity contribution < 1.29 is 9.21 Å². The number of carbonyl (C=O) groups excluding carboxylic acids is 1. The molecule has 28 heavy (non-hydrogen) atoms. The molecule has 6 heteroatoms. The minimum atomic E-state index is -0.286. The van der Waals surface area contributed by atoms with Crippen LogP contribution in [0.1, 0.15) is 10.4 Å². The third kappa shape index (κ3) is 3.86. The number of carbonyl (C=O) groups is 1. The molecule has 0 saturated heterocycles. The van der Waals surface area contributed by atoms with Crippen molar-refractivity contribution >= 4 is 39.1 Å². The summed E-state index contributed by atoms with van der Waals surface area (Å²) in [6.07, 6.45) is 1.65. The number of nitrogens with one attached hydrogen (secondary N) is 1. The molecule has 1 aromatic heterocycles. The minimum absolute atomic E-state index is 0.286. The van der Waals surface area contributed by atoms with E-state index in [2.05, 4.69) is 26.2 Å². The van der Waals surface area contributed by atoms with Gasteiger partial charge < -0.3 is 9.73 Å². The molecule has 1 N–H and O–H groups in total. The molecule has 4 aromatic rings. The zero-order valence-corrected chi connectivity index (χ0v) is 16.9. The molecule has 1 amide bonds. The summed E-state index contributed by atoms with van der Waals surface area (Å²) in [7, 11) is 0. The predicted molar refractivity (Wildman–Crippen MR) is 114 cm³/mol. The molecule has 0 fully saturated rings. The van der Waals surface area contributed by atoms with Crippen molar-refractivity contribution in [3.05, 3.63) is 94.1 Å². The number of benzene rings is 3. The molecule has 0 saturated carbocycles. The lowest BCUT2D eigenvalue weighted by molar-refractivity contribution is 0.102. The van der Waals surface area contributed by atoms with Crippen LogP contribution in [0.3, 0.4) is 0 Å². The maximum absolute atomic E-state index is 12.8. The van der Waals surface area contributed by atoms with Crippen LogP contribution in [0.2, 0.25) is 5.02 Å². The topological polar surface area (TPSA) is 55.1 Å². The van der Waals surface area contributed by atoms with Gasteiger partial charge in [0, 0.05) is 15.6 Å². The Morgan fingerprint density at radius 1 is 1.00 bits per heavy atom. The maximum Gasteiger partial charge on any atom is 0.256 e.